The van der Waals surface area contributed by atoms with Gasteiger partial charge >= 0.3 is 5.97 Å². The van der Waals surface area contributed by atoms with Crippen LogP contribution in [0.3, 0.4) is 0 Å². The van der Waals surface area contributed by atoms with Crippen LogP contribution in [0.5, 0.6) is 0 Å². The average Bonchev–Trinajstić information content (AvgIpc) is 3.10. The van der Waals surface area contributed by atoms with Crippen LogP contribution in [0.4, 0.5) is 5.69 Å². The van der Waals surface area contributed by atoms with Gasteiger partial charge in [0.1, 0.15) is 0 Å². The zero-order valence-electron chi connectivity index (χ0n) is 15.6. The molecule has 2 amide bonds. The second kappa shape index (κ2) is 8.93. The number of benzene rings is 2. The summed E-state index contributed by atoms with van der Waals surface area (Å²) in [7, 11) is 0. The number of aliphatic carboxylic acids is 1. The predicted molar refractivity (Wildman–Crippen MR) is 109 cm³/mol. The van der Waals surface area contributed by atoms with Crippen molar-refractivity contribution < 1.29 is 19.5 Å². The molecular weight excluding hydrogens is 376 g/mol. The van der Waals surface area contributed by atoms with Crippen LogP contribution in [0.25, 0.3) is 0 Å². The number of nitrogens with zero attached hydrogens (tertiary/aromatic N) is 1. The monoisotopic (exact) mass is 398 g/mol. The fourth-order valence-corrected chi connectivity index (χ4v) is 4.14. The number of hydrogen-bond acceptors (Lipinski definition) is 4. The lowest BCUT2D eigenvalue weighted by molar-refractivity contribution is -0.137. The van der Waals surface area contributed by atoms with Crippen molar-refractivity contribution in [1.29, 1.82) is 0 Å². The highest BCUT2D eigenvalue weighted by Gasteiger charge is 2.24. The summed E-state index contributed by atoms with van der Waals surface area (Å²) in [5.74, 6) is -1.07. The van der Waals surface area contributed by atoms with Crippen LogP contribution in [-0.4, -0.2) is 41.2 Å². The molecule has 1 aliphatic heterocycles. The molecule has 7 heteroatoms. The smallest absolute Gasteiger partial charge is 0.305 e. The molecule has 0 radical (unpaired) electrons. The summed E-state index contributed by atoms with van der Waals surface area (Å²) in [5, 5.41) is 11.5. The minimum absolute atomic E-state index is 0.00408. The number of nitrogens with one attached hydrogen (secondary N) is 1. The molecule has 2 aromatic carbocycles. The number of hydrogen-bond donors (Lipinski definition) is 2. The van der Waals surface area contributed by atoms with Gasteiger partial charge in [-0.3, -0.25) is 14.4 Å². The van der Waals surface area contributed by atoms with Crippen molar-refractivity contribution >= 4 is 35.2 Å². The van der Waals surface area contributed by atoms with Crippen LogP contribution in [0, 0.1) is 0 Å². The summed E-state index contributed by atoms with van der Waals surface area (Å²) in [5.41, 5.74) is 2.58. The summed E-state index contributed by atoms with van der Waals surface area (Å²) in [4.78, 5) is 38.5. The maximum atomic E-state index is 12.7. The largest absolute Gasteiger partial charge is 0.481 e. The van der Waals surface area contributed by atoms with Gasteiger partial charge in [-0.05, 0) is 37.1 Å². The highest BCUT2D eigenvalue weighted by atomic mass is 32.2. The molecule has 0 aliphatic carbocycles. The maximum absolute atomic E-state index is 12.7. The molecule has 0 spiro atoms. The Kier molecular flexibility index (Phi) is 6.36. The number of thioether (sulfide) groups is 1. The van der Waals surface area contributed by atoms with Gasteiger partial charge in [-0.15, -0.1) is 11.8 Å². The Balaban J connectivity index is 1.65. The van der Waals surface area contributed by atoms with Gasteiger partial charge in [0.2, 0.25) is 5.91 Å². The van der Waals surface area contributed by atoms with E-state index in [2.05, 4.69) is 5.32 Å². The number of rotatable bonds is 7. The van der Waals surface area contributed by atoms with Gasteiger partial charge in [-0.1, -0.05) is 30.3 Å². The van der Waals surface area contributed by atoms with Crippen molar-refractivity contribution in [1.82, 2.24) is 5.32 Å². The van der Waals surface area contributed by atoms with Gasteiger partial charge in [-0.2, -0.15) is 0 Å². The molecule has 0 bridgehead atoms. The van der Waals surface area contributed by atoms with Gasteiger partial charge in [0.25, 0.3) is 5.91 Å². The Hall–Kier alpha value is -2.80. The molecule has 6 nitrogen and oxygen atoms in total. The van der Waals surface area contributed by atoms with E-state index in [1.165, 1.54) is 17.3 Å². The van der Waals surface area contributed by atoms with E-state index in [0.29, 0.717) is 17.0 Å². The van der Waals surface area contributed by atoms with E-state index in [1.807, 2.05) is 30.3 Å². The zero-order chi connectivity index (χ0) is 20.1. The van der Waals surface area contributed by atoms with Gasteiger partial charge in [0.05, 0.1) is 17.7 Å². The van der Waals surface area contributed by atoms with Crippen molar-refractivity contribution in [2.75, 3.05) is 17.2 Å². The summed E-state index contributed by atoms with van der Waals surface area (Å²) in [6, 6.07) is 14.5. The molecule has 1 unspecified atom stereocenters. The average molecular weight is 398 g/mol. The molecule has 2 aromatic rings. The Bertz CT molecular complexity index is 899. The van der Waals surface area contributed by atoms with Crippen molar-refractivity contribution in [3.63, 3.8) is 0 Å². The second-order valence-electron chi connectivity index (χ2n) is 6.68. The molecular formula is C21H22N2O4S. The number of fused-ring (bicyclic) bond motifs is 1. The SMILES string of the molecule is CC(CC(=O)O)NC(=O)c1ccccc1SCC(=O)N1CCc2ccccc21. The van der Waals surface area contributed by atoms with Gasteiger partial charge < -0.3 is 15.3 Å². The first-order chi connectivity index (χ1) is 13.5. The minimum atomic E-state index is -0.966. The third-order valence-corrected chi connectivity index (χ3v) is 5.59. The first-order valence-electron chi connectivity index (χ1n) is 9.08. The van der Waals surface area contributed by atoms with Crippen molar-refractivity contribution in [2.45, 2.75) is 30.7 Å². The van der Waals surface area contributed by atoms with Gasteiger partial charge in [0, 0.05) is 23.2 Å². The quantitative estimate of drug-likeness (QED) is 0.701. The maximum Gasteiger partial charge on any atom is 0.305 e. The Morgan fingerprint density at radius 2 is 1.86 bits per heavy atom. The number of amides is 2. The van der Waals surface area contributed by atoms with Crippen molar-refractivity contribution in [3.8, 4) is 0 Å². The van der Waals surface area contributed by atoms with E-state index in [4.69, 9.17) is 5.11 Å². The van der Waals surface area contributed by atoms with Gasteiger partial charge in [0.15, 0.2) is 0 Å². The van der Waals surface area contributed by atoms with E-state index in [-0.39, 0.29) is 24.0 Å². The van der Waals surface area contributed by atoms with E-state index in [9.17, 15) is 14.4 Å². The Morgan fingerprint density at radius 1 is 1.14 bits per heavy atom. The first-order valence-corrected chi connectivity index (χ1v) is 10.1. The summed E-state index contributed by atoms with van der Waals surface area (Å²) in [6.07, 6.45) is 0.709. The van der Waals surface area contributed by atoms with Crippen LogP contribution >= 0.6 is 11.8 Å². The van der Waals surface area contributed by atoms with E-state index in [1.54, 1.807) is 30.0 Å². The fraction of sp³-hybridized carbons (Fsp3) is 0.286. The first kappa shape index (κ1) is 19.9. The van der Waals surface area contributed by atoms with E-state index in [0.717, 1.165) is 12.1 Å². The lowest BCUT2D eigenvalue weighted by Crippen LogP contribution is -2.34. The van der Waals surface area contributed by atoms with Crippen LogP contribution in [-0.2, 0) is 16.0 Å². The van der Waals surface area contributed by atoms with Crippen LogP contribution in [0.2, 0.25) is 0 Å². The number of anilines is 1. The van der Waals surface area contributed by atoms with Gasteiger partial charge in [-0.25, -0.2) is 0 Å². The number of carboxylic acid groups (broad SMARTS) is 1. The molecule has 1 aliphatic rings. The number of carbonyl (C=O) groups excluding carboxylic acids is 2. The standard InChI is InChI=1S/C21H22N2O4S/c1-14(12-20(25)26)22-21(27)16-7-3-5-9-18(16)28-13-19(24)23-11-10-15-6-2-4-8-17(15)23/h2-9,14H,10-13H2,1H3,(H,22,27)(H,25,26). The molecule has 0 saturated carbocycles. The second-order valence-corrected chi connectivity index (χ2v) is 7.70. The molecule has 0 fully saturated rings. The molecule has 146 valence electrons. The van der Waals surface area contributed by atoms with Crippen molar-refractivity contribution in [3.05, 3.63) is 59.7 Å². The lowest BCUT2D eigenvalue weighted by Gasteiger charge is -2.18. The predicted octanol–water partition coefficient (Wildman–Crippen LogP) is 2.96. The lowest BCUT2D eigenvalue weighted by atomic mass is 10.2. The summed E-state index contributed by atoms with van der Waals surface area (Å²) >= 11 is 1.32. The molecule has 1 heterocycles. The zero-order valence-corrected chi connectivity index (χ0v) is 16.4. The molecule has 2 N–H and O–H groups in total. The topological polar surface area (TPSA) is 86.7 Å². The van der Waals surface area contributed by atoms with E-state index >= 15 is 0 Å². The highest BCUT2D eigenvalue weighted by molar-refractivity contribution is 8.00. The normalized spacial score (nSPS) is 13.7. The molecule has 0 saturated heterocycles. The number of carboxylic acids is 1. The highest BCUT2D eigenvalue weighted by Crippen LogP contribution is 2.29. The third-order valence-electron chi connectivity index (χ3n) is 4.53. The number of para-hydroxylation sites is 1. The van der Waals surface area contributed by atoms with Crippen molar-refractivity contribution in [2.24, 2.45) is 0 Å². The number of carbonyl (C=O) groups is 3. The molecule has 1 atom stereocenters. The molecule has 0 aromatic heterocycles. The minimum Gasteiger partial charge on any atom is -0.481 e. The molecule has 3 rings (SSSR count). The molecule has 28 heavy (non-hydrogen) atoms. The van der Waals surface area contributed by atoms with Crippen LogP contribution in [0.1, 0.15) is 29.3 Å². The van der Waals surface area contributed by atoms with Crippen LogP contribution in [0.15, 0.2) is 53.4 Å². The Morgan fingerprint density at radius 3 is 2.64 bits per heavy atom. The Labute approximate surface area is 167 Å². The summed E-state index contributed by atoms with van der Waals surface area (Å²) < 4.78 is 0. The third kappa shape index (κ3) is 4.72. The summed E-state index contributed by atoms with van der Waals surface area (Å²) in [6.45, 7) is 2.32. The fourth-order valence-electron chi connectivity index (χ4n) is 3.21. The van der Waals surface area contributed by atoms with E-state index < -0.39 is 12.0 Å². The van der Waals surface area contributed by atoms with Crippen LogP contribution < -0.4 is 10.2 Å².